The van der Waals surface area contributed by atoms with Crippen LogP contribution in [-0.4, -0.2) is 12.2 Å². The molecule has 0 spiro atoms. The topological polar surface area (TPSA) is 35.8 Å². The maximum Gasteiger partial charge on any atom is 0.391 e. The van der Waals surface area contributed by atoms with E-state index in [1.807, 2.05) is 0 Å². The molecule has 0 amide bonds. The second-order valence-electron chi connectivity index (χ2n) is 5.40. The van der Waals surface area contributed by atoms with Crippen molar-refractivity contribution in [2.24, 2.45) is 5.92 Å². The highest BCUT2D eigenvalue weighted by Gasteiger charge is 2.41. The van der Waals surface area contributed by atoms with Crippen molar-refractivity contribution in [3.63, 3.8) is 0 Å². The fraction of sp³-hybridized carbons (Fsp3) is 0.533. The molecule has 1 aromatic rings. The lowest BCUT2D eigenvalue weighted by Crippen LogP contribution is -2.36. The Labute approximate surface area is 120 Å². The Morgan fingerprint density at radius 1 is 1.19 bits per heavy atom. The van der Waals surface area contributed by atoms with Gasteiger partial charge in [-0.15, -0.1) is 0 Å². The van der Waals surface area contributed by atoms with Gasteiger partial charge in [-0.2, -0.15) is 18.4 Å². The van der Waals surface area contributed by atoms with Crippen molar-refractivity contribution in [3.8, 4) is 6.07 Å². The number of nitrogens with one attached hydrogen (secondary N) is 1. The number of halogens is 4. The van der Waals surface area contributed by atoms with Gasteiger partial charge in [0.25, 0.3) is 0 Å². The first-order valence-corrected chi connectivity index (χ1v) is 6.89. The Bertz CT molecular complexity index is 525. The molecule has 1 aliphatic rings. The van der Waals surface area contributed by atoms with Crippen molar-refractivity contribution in [2.75, 3.05) is 0 Å². The van der Waals surface area contributed by atoms with E-state index in [0.29, 0.717) is 19.4 Å². The van der Waals surface area contributed by atoms with Gasteiger partial charge in [-0.05, 0) is 43.4 Å². The van der Waals surface area contributed by atoms with Gasteiger partial charge in [-0.1, -0.05) is 6.07 Å². The lowest BCUT2D eigenvalue weighted by Gasteiger charge is -2.30. The SMILES string of the molecule is N#Cc1cc(CNC2CCC(C(F)(F)F)CC2)ccc1F. The number of nitriles is 1. The fourth-order valence-electron chi connectivity index (χ4n) is 2.66. The minimum absolute atomic E-state index is 0.0184. The molecule has 21 heavy (non-hydrogen) atoms. The molecule has 0 saturated heterocycles. The summed E-state index contributed by atoms with van der Waals surface area (Å²) >= 11 is 0. The average Bonchev–Trinajstić information content (AvgIpc) is 2.46. The summed E-state index contributed by atoms with van der Waals surface area (Å²) in [5, 5.41) is 11.9. The van der Waals surface area contributed by atoms with Crippen LogP contribution < -0.4 is 5.32 Å². The minimum Gasteiger partial charge on any atom is -0.310 e. The molecule has 114 valence electrons. The first-order valence-electron chi connectivity index (χ1n) is 6.89. The van der Waals surface area contributed by atoms with Crippen molar-refractivity contribution in [1.29, 1.82) is 5.26 Å². The van der Waals surface area contributed by atoms with Gasteiger partial charge in [0.2, 0.25) is 0 Å². The highest BCUT2D eigenvalue weighted by atomic mass is 19.4. The second kappa shape index (κ2) is 6.44. The van der Waals surface area contributed by atoms with Crippen molar-refractivity contribution in [1.82, 2.24) is 5.32 Å². The minimum atomic E-state index is -4.09. The molecule has 0 radical (unpaired) electrons. The number of hydrogen-bond acceptors (Lipinski definition) is 2. The van der Waals surface area contributed by atoms with Crippen LogP contribution in [0.15, 0.2) is 18.2 Å². The summed E-state index contributed by atoms with van der Waals surface area (Å²) in [6, 6.07) is 6.08. The van der Waals surface area contributed by atoms with Crippen LogP contribution in [0.4, 0.5) is 17.6 Å². The van der Waals surface area contributed by atoms with Gasteiger partial charge in [0.15, 0.2) is 0 Å². The molecule has 0 bridgehead atoms. The highest BCUT2D eigenvalue weighted by molar-refractivity contribution is 5.34. The van der Waals surface area contributed by atoms with Crippen LogP contribution in [0.1, 0.15) is 36.8 Å². The van der Waals surface area contributed by atoms with Gasteiger partial charge in [-0.25, -0.2) is 4.39 Å². The Hall–Kier alpha value is -1.61. The van der Waals surface area contributed by atoms with Gasteiger partial charge in [-0.3, -0.25) is 0 Å². The van der Waals surface area contributed by atoms with E-state index in [0.717, 1.165) is 5.56 Å². The number of rotatable bonds is 3. The van der Waals surface area contributed by atoms with Gasteiger partial charge in [0.05, 0.1) is 11.5 Å². The largest absolute Gasteiger partial charge is 0.391 e. The molecular weight excluding hydrogens is 284 g/mol. The van der Waals surface area contributed by atoms with Crippen molar-refractivity contribution in [3.05, 3.63) is 35.1 Å². The van der Waals surface area contributed by atoms with Crippen LogP contribution in [-0.2, 0) is 6.54 Å². The van der Waals surface area contributed by atoms with Crippen LogP contribution >= 0.6 is 0 Å². The van der Waals surface area contributed by atoms with Crippen molar-refractivity contribution < 1.29 is 17.6 Å². The van der Waals surface area contributed by atoms with E-state index in [1.165, 1.54) is 12.1 Å². The molecule has 0 aromatic heterocycles. The van der Waals surface area contributed by atoms with E-state index >= 15 is 0 Å². The third kappa shape index (κ3) is 4.18. The maximum absolute atomic E-state index is 13.2. The van der Waals surface area contributed by atoms with Crippen LogP contribution in [0.5, 0.6) is 0 Å². The first-order chi connectivity index (χ1) is 9.90. The molecule has 0 atom stereocenters. The summed E-state index contributed by atoms with van der Waals surface area (Å²) in [6.07, 6.45) is -2.83. The van der Waals surface area contributed by atoms with E-state index < -0.39 is 17.9 Å². The van der Waals surface area contributed by atoms with E-state index in [9.17, 15) is 17.6 Å². The zero-order valence-electron chi connectivity index (χ0n) is 11.4. The number of nitrogens with zero attached hydrogens (tertiary/aromatic N) is 1. The molecule has 1 aromatic carbocycles. The maximum atomic E-state index is 13.2. The molecule has 0 aliphatic heterocycles. The smallest absolute Gasteiger partial charge is 0.310 e. The molecular formula is C15H16F4N2. The second-order valence-corrected chi connectivity index (χ2v) is 5.40. The molecule has 2 nitrogen and oxygen atoms in total. The summed E-state index contributed by atoms with van der Waals surface area (Å²) in [4.78, 5) is 0. The molecule has 6 heteroatoms. The van der Waals surface area contributed by atoms with Gasteiger partial charge in [0.1, 0.15) is 11.9 Å². The Morgan fingerprint density at radius 2 is 1.86 bits per heavy atom. The van der Waals surface area contributed by atoms with Gasteiger partial charge in [0, 0.05) is 12.6 Å². The van der Waals surface area contributed by atoms with E-state index in [2.05, 4.69) is 5.32 Å². The lowest BCUT2D eigenvalue weighted by atomic mass is 9.85. The molecule has 2 rings (SSSR count). The number of benzene rings is 1. The summed E-state index contributed by atoms with van der Waals surface area (Å²) in [5.41, 5.74) is 0.737. The predicted molar refractivity (Wildman–Crippen MR) is 69.8 cm³/mol. The first kappa shape index (κ1) is 15.8. The standard InChI is InChI=1S/C15H16F4N2/c16-14-6-1-10(7-11(14)8-20)9-21-13-4-2-12(3-5-13)15(17,18)19/h1,6-7,12-13,21H,2-5,9H2. The zero-order chi connectivity index (χ0) is 15.5. The fourth-order valence-corrected chi connectivity index (χ4v) is 2.66. The third-order valence-electron chi connectivity index (χ3n) is 3.94. The lowest BCUT2D eigenvalue weighted by molar-refractivity contribution is -0.182. The molecule has 0 heterocycles. The summed E-state index contributed by atoms with van der Waals surface area (Å²) in [7, 11) is 0. The molecule has 1 N–H and O–H groups in total. The number of hydrogen-bond donors (Lipinski definition) is 1. The Morgan fingerprint density at radius 3 is 2.43 bits per heavy atom. The van der Waals surface area contributed by atoms with Crippen molar-refractivity contribution >= 4 is 0 Å². The third-order valence-corrected chi connectivity index (χ3v) is 3.94. The van der Waals surface area contributed by atoms with E-state index in [-0.39, 0.29) is 24.4 Å². The quantitative estimate of drug-likeness (QED) is 0.859. The molecule has 1 aliphatic carbocycles. The number of alkyl halides is 3. The molecule has 1 fully saturated rings. The highest BCUT2D eigenvalue weighted by Crippen LogP contribution is 2.37. The van der Waals surface area contributed by atoms with Gasteiger partial charge < -0.3 is 5.32 Å². The predicted octanol–water partition coefficient (Wildman–Crippen LogP) is 3.91. The summed E-state index contributed by atoms with van der Waals surface area (Å²) in [5.74, 6) is -1.75. The van der Waals surface area contributed by atoms with Crippen LogP contribution in [0.2, 0.25) is 0 Å². The Kier molecular flexibility index (Phi) is 4.84. The normalized spacial score (nSPS) is 22.8. The molecule has 0 unspecified atom stereocenters. The van der Waals surface area contributed by atoms with Crippen LogP contribution in [0.3, 0.4) is 0 Å². The molecule has 1 saturated carbocycles. The van der Waals surface area contributed by atoms with Crippen LogP contribution in [0, 0.1) is 23.1 Å². The van der Waals surface area contributed by atoms with Crippen LogP contribution in [0.25, 0.3) is 0 Å². The summed E-state index contributed by atoms with van der Waals surface area (Å²) < 4.78 is 50.8. The van der Waals surface area contributed by atoms with E-state index in [4.69, 9.17) is 5.26 Å². The van der Waals surface area contributed by atoms with Gasteiger partial charge >= 0.3 is 6.18 Å². The summed E-state index contributed by atoms with van der Waals surface area (Å²) in [6.45, 7) is 0.427. The zero-order valence-corrected chi connectivity index (χ0v) is 11.4. The van der Waals surface area contributed by atoms with Crippen molar-refractivity contribution in [2.45, 2.75) is 44.4 Å². The monoisotopic (exact) mass is 300 g/mol. The average molecular weight is 300 g/mol. The Balaban J connectivity index is 1.84. The van der Waals surface area contributed by atoms with E-state index in [1.54, 1.807) is 12.1 Å².